The SMILES string of the molecule is CC(C)(C)[Si](C)(C)O[C@H]1C[C@@H](C(=O)O)NC1=O. The normalized spacial score (nSPS) is 25.8. The summed E-state index contributed by atoms with van der Waals surface area (Å²) in [5.74, 6) is -1.30. The monoisotopic (exact) mass is 259 g/mol. The Morgan fingerprint density at radius 1 is 1.47 bits per heavy atom. The number of carboxylic acids is 1. The molecule has 1 amide bonds. The number of amides is 1. The molecule has 1 aliphatic rings. The van der Waals surface area contributed by atoms with Gasteiger partial charge in [0.05, 0.1) is 0 Å². The van der Waals surface area contributed by atoms with Crippen molar-refractivity contribution in [2.24, 2.45) is 0 Å². The molecule has 0 aromatic rings. The first-order chi connectivity index (χ1) is 7.54. The van der Waals surface area contributed by atoms with Crippen LogP contribution in [0, 0.1) is 0 Å². The second-order valence-corrected chi connectivity index (χ2v) is 10.8. The van der Waals surface area contributed by atoms with Crippen LogP contribution in [0.1, 0.15) is 27.2 Å². The first-order valence-corrected chi connectivity index (χ1v) is 8.66. The zero-order valence-corrected chi connectivity index (χ0v) is 12.0. The third-order valence-electron chi connectivity index (χ3n) is 3.60. The van der Waals surface area contributed by atoms with Crippen LogP contribution in [0.4, 0.5) is 0 Å². The quantitative estimate of drug-likeness (QED) is 0.750. The third kappa shape index (κ3) is 3.07. The van der Waals surface area contributed by atoms with Gasteiger partial charge in [-0.05, 0) is 18.1 Å². The highest BCUT2D eigenvalue weighted by atomic mass is 28.4. The van der Waals surface area contributed by atoms with Crippen molar-refractivity contribution in [2.45, 2.75) is 57.5 Å². The van der Waals surface area contributed by atoms with E-state index in [1.165, 1.54) is 0 Å². The number of carbonyl (C=O) groups excluding carboxylic acids is 1. The lowest BCUT2D eigenvalue weighted by Gasteiger charge is -2.37. The largest absolute Gasteiger partial charge is 0.480 e. The average Bonchev–Trinajstić information content (AvgIpc) is 2.45. The third-order valence-corrected chi connectivity index (χ3v) is 8.09. The Morgan fingerprint density at radius 2 is 2.00 bits per heavy atom. The molecular weight excluding hydrogens is 238 g/mol. The topological polar surface area (TPSA) is 75.6 Å². The van der Waals surface area contributed by atoms with Gasteiger partial charge in [0.1, 0.15) is 12.1 Å². The van der Waals surface area contributed by atoms with E-state index in [9.17, 15) is 9.59 Å². The standard InChI is InChI=1S/C11H21NO4Si/c1-11(2,3)17(4,5)16-8-6-7(10(14)15)12-9(8)13/h7-8H,6H2,1-5H3,(H,12,13)(H,14,15)/t7-,8-/m0/s1. The number of carboxylic acid groups (broad SMARTS) is 1. The van der Waals surface area contributed by atoms with Gasteiger partial charge < -0.3 is 14.8 Å². The molecule has 2 N–H and O–H groups in total. The molecule has 0 unspecified atom stereocenters. The summed E-state index contributed by atoms with van der Waals surface area (Å²) in [4.78, 5) is 22.4. The summed E-state index contributed by atoms with van der Waals surface area (Å²) in [5, 5.41) is 11.3. The van der Waals surface area contributed by atoms with Crippen molar-refractivity contribution in [1.29, 1.82) is 0 Å². The van der Waals surface area contributed by atoms with Crippen molar-refractivity contribution >= 4 is 20.2 Å². The lowest BCUT2D eigenvalue weighted by Crippen LogP contribution is -2.45. The van der Waals surface area contributed by atoms with E-state index in [4.69, 9.17) is 9.53 Å². The maximum atomic E-state index is 11.6. The van der Waals surface area contributed by atoms with E-state index in [0.717, 1.165) is 0 Å². The van der Waals surface area contributed by atoms with E-state index in [-0.39, 0.29) is 17.4 Å². The van der Waals surface area contributed by atoms with Crippen molar-refractivity contribution < 1.29 is 19.1 Å². The second kappa shape index (κ2) is 4.42. The fourth-order valence-corrected chi connectivity index (χ4v) is 2.71. The minimum Gasteiger partial charge on any atom is -0.480 e. The van der Waals surface area contributed by atoms with Crippen molar-refractivity contribution in [1.82, 2.24) is 5.32 Å². The maximum Gasteiger partial charge on any atom is 0.326 e. The van der Waals surface area contributed by atoms with E-state index >= 15 is 0 Å². The molecule has 0 aromatic heterocycles. The van der Waals surface area contributed by atoms with Gasteiger partial charge in [-0.3, -0.25) is 4.79 Å². The Balaban J connectivity index is 2.71. The number of hydrogen-bond donors (Lipinski definition) is 2. The predicted octanol–water partition coefficient (Wildman–Crippen LogP) is 1.35. The molecule has 0 aromatic carbocycles. The summed E-state index contributed by atoms with van der Waals surface area (Å²) in [7, 11) is -2.03. The summed E-state index contributed by atoms with van der Waals surface area (Å²) in [6, 6.07) is -0.808. The fraction of sp³-hybridized carbons (Fsp3) is 0.818. The van der Waals surface area contributed by atoms with E-state index in [0.29, 0.717) is 0 Å². The van der Waals surface area contributed by atoms with Gasteiger partial charge in [0, 0.05) is 6.42 Å². The Morgan fingerprint density at radius 3 is 2.35 bits per heavy atom. The predicted molar refractivity (Wildman–Crippen MR) is 66.3 cm³/mol. The van der Waals surface area contributed by atoms with Crippen LogP contribution in [0.5, 0.6) is 0 Å². The van der Waals surface area contributed by atoms with Gasteiger partial charge in [0.2, 0.25) is 5.91 Å². The van der Waals surface area contributed by atoms with Gasteiger partial charge in [-0.25, -0.2) is 4.79 Å². The Bertz CT molecular complexity index is 335. The molecule has 2 atom stereocenters. The molecule has 1 rings (SSSR count). The van der Waals surface area contributed by atoms with Crippen LogP contribution in [0.25, 0.3) is 0 Å². The molecule has 1 fully saturated rings. The van der Waals surface area contributed by atoms with E-state index in [1.807, 2.05) is 13.1 Å². The summed E-state index contributed by atoms with van der Waals surface area (Å²) in [5.41, 5.74) is 0. The maximum absolute atomic E-state index is 11.6. The number of hydrogen-bond acceptors (Lipinski definition) is 3. The molecule has 17 heavy (non-hydrogen) atoms. The number of aliphatic carboxylic acids is 1. The van der Waals surface area contributed by atoms with Gasteiger partial charge in [-0.2, -0.15) is 0 Å². The summed E-state index contributed by atoms with van der Waals surface area (Å²) in [6.07, 6.45) is -0.391. The van der Waals surface area contributed by atoms with Crippen LogP contribution < -0.4 is 5.32 Å². The molecule has 0 bridgehead atoms. The van der Waals surface area contributed by atoms with E-state index in [2.05, 4.69) is 26.1 Å². The van der Waals surface area contributed by atoms with Crippen molar-refractivity contribution in [3.63, 3.8) is 0 Å². The van der Waals surface area contributed by atoms with Gasteiger partial charge >= 0.3 is 5.97 Å². The van der Waals surface area contributed by atoms with E-state index in [1.54, 1.807) is 0 Å². The molecule has 1 heterocycles. The van der Waals surface area contributed by atoms with Crippen LogP contribution >= 0.6 is 0 Å². The number of carbonyl (C=O) groups is 2. The van der Waals surface area contributed by atoms with Gasteiger partial charge in [0.25, 0.3) is 0 Å². The first-order valence-electron chi connectivity index (χ1n) is 5.75. The molecule has 98 valence electrons. The Kier molecular flexibility index (Phi) is 3.68. The molecule has 0 aliphatic carbocycles. The molecule has 6 heteroatoms. The first kappa shape index (κ1) is 14.2. The molecule has 0 saturated carbocycles. The Labute approximate surface area is 103 Å². The van der Waals surface area contributed by atoms with Crippen LogP contribution in [-0.4, -0.2) is 37.4 Å². The summed E-state index contributed by atoms with van der Waals surface area (Å²) >= 11 is 0. The molecule has 1 aliphatic heterocycles. The zero-order valence-electron chi connectivity index (χ0n) is 11.0. The average molecular weight is 259 g/mol. The highest BCUT2D eigenvalue weighted by Crippen LogP contribution is 2.38. The lowest BCUT2D eigenvalue weighted by atomic mass is 10.2. The van der Waals surface area contributed by atoms with Crippen LogP contribution in [-0.2, 0) is 14.0 Å². The van der Waals surface area contributed by atoms with Gasteiger partial charge in [-0.1, -0.05) is 20.8 Å². The molecular formula is C11H21NO4Si. The lowest BCUT2D eigenvalue weighted by molar-refractivity contribution is -0.140. The van der Waals surface area contributed by atoms with Gasteiger partial charge in [0.15, 0.2) is 8.32 Å². The van der Waals surface area contributed by atoms with Gasteiger partial charge in [-0.15, -0.1) is 0 Å². The smallest absolute Gasteiger partial charge is 0.326 e. The van der Waals surface area contributed by atoms with Crippen molar-refractivity contribution in [3.05, 3.63) is 0 Å². The minimum atomic E-state index is -2.03. The minimum absolute atomic E-state index is 0.00852. The fourth-order valence-electron chi connectivity index (χ4n) is 1.44. The van der Waals surface area contributed by atoms with Crippen LogP contribution in [0.3, 0.4) is 0 Å². The van der Waals surface area contributed by atoms with Crippen LogP contribution in [0.2, 0.25) is 18.1 Å². The van der Waals surface area contributed by atoms with Crippen LogP contribution in [0.15, 0.2) is 0 Å². The molecule has 5 nitrogen and oxygen atoms in total. The zero-order chi connectivity index (χ0) is 13.4. The Hall–Kier alpha value is -0.883. The number of nitrogens with one attached hydrogen (secondary N) is 1. The highest BCUT2D eigenvalue weighted by Gasteiger charge is 2.44. The number of rotatable bonds is 3. The molecule has 1 saturated heterocycles. The van der Waals surface area contributed by atoms with Crippen molar-refractivity contribution in [2.75, 3.05) is 0 Å². The highest BCUT2D eigenvalue weighted by molar-refractivity contribution is 6.74. The molecule has 0 radical (unpaired) electrons. The summed E-state index contributed by atoms with van der Waals surface area (Å²) in [6.45, 7) is 10.4. The summed E-state index contributed by atoms with van der Waals surface area (Å²) < 4.78 is 5.92. The molecule has 0 spiro atoms. The van der Waals surface area contributed by atoms with E-state index < -0.39 is 26.4 Å². The van der Waals surface area contributed by atoms with Crippen molar-refractivity contribution in [3.8, 4) is 0 Å². The second-order valence-electron chi connectivity index (χ2n) is 6.00.